The van der Waals surface area contributed by atoms with Crippen LogP contribution in [0.1, 0.15) is 51.3 Å². The van der Waals surface area contributed by atoms with Gasteiger partial charge >= 0.3 is 0 Å². The second-order valence-corrected chi connectivity index (χ2v) is 6.66. The Bertz CT molecular complexity index is 652. The molecule has 0 radical (unpaired) electrons. The zero-order valence-corrected chi connectivity index (χ0v) is 15.2. The number of benzene rings is 1. The first-order valence-electron chi connectivity index (χ1n) is 8.64. The van der Waals surface area contributed by atoms with Gasteiger partial charge in [-0.15, -0.1) is 12.4 Å². The number of hydrogen-bond acceptors (Lipinski definition) is 3. The molecule has 0 saturated heterocycles. The summed E-state index contributed by atoms with van der Waals surface area (Å²) in [4.78, 5) is 14.9. The normalized spacial score (nSPS) is 21.5. The molecule has 132 valence electrons. The second-order valence-electron chi connectivity index (χ2n) is 6.66. The van der Waals surface area contributed by atoms with Crippen LogP contribution < -0.4 is 5.73 Å². The van der Waals surface area contributed by atoms with E-state index in [0.29, 0.717) is 0 Å². The monoisotopic (exact) mass is 350 g/mol. The van der Waals surface area contributed by atoms with Gasteiger partial charge in [-0.05, 0) is 44.7 Å². The van der Waals surface area contributed by atoms with Crippen LogP contribution in [0.3, 0.4) is 0 Å². The number of nitrogens with zero attached hydrogens (tertiary/aromatic N) is 1. The van der Waals surface area contributed by atoms with Gasteiger partial charge in [0, 0.05) is 23.9 Å². The Labute approximate surface area is 149 Å². The van der Waals surface area contributed by atoms with Gasteiger partial charge in [0.05, 0.1) is 6.04 Å². The Morgan fingerprint density at radius 3 is 2.75 bits per heavy atom. The zero-order valence-electron chi connectivity index (χ0n) is 14.4. The molecule has 1 aliphatic carbocycles. The van der Waals surface area contributed by atoms with Gasteiger partial charge in [-0.3, -0.25) is 4.79 Å². The summed E-state index contributed by atoms with van der Waals surface area (Å²) in [6, 6.07) is 10.2. The van der Waals surface area contributed by atoms with Gasteiger partial charge in [-0.1, -0.05) is 25.1 Å². The van der Waals surface area contributed by atoms with Crippen molar-refractivity contribution in [3.05, 3.63) is 36.1 Å². The molecule has 0 bridgehead atoms. The van der Waals surface area contributed by atoms with E-state index in [2.05, 4.69) is 19.9 Å². The Morgan fingerprint density at radius 2 is 2.12 bits per heavy atom. The first kappa shape index (κ1) is 18.8. The van der Waals surface area contributed by atoms with Crippen molar-refractivity contribution in [2.45, 2.75) is 51.6 Å². The Hall–Kier alpha value is -1.52. The third kappa shape index (κ3) is 3.76. The van der Waals surface area contributed by atoms with Crippen LogP contribution in [0.5, 0.6) is 0 Å². The maximum absolute atomic E-state index is 12.9. The maximum Gasteiger partial charge on any atom is 0.226 e. The molecule has 1 saturated carbocycles. The van der Waals surface area contributed by atoms with Crippen LogP contribution in [0.4, 0.5) is 0 Å². The zero-order chi connectivity index (χ0) is 16.4. The highest BCUT2D eigenvalue weighted by molar-refractivity contribution is 5.85. The van der Waals surface area contributed by atoms with Gasteiger partial charge in [0.25, 0.3) is 0 Å². The van der Waals surface area contributed by atoms with Crippen molar-refractivity contribution in [3.8, 4) is 0 Å². The minimum atomic E-state index is -0.0494. The van der Waals surface area contributed by atoms with Gasteiger partial charge < -0.3 is 15.1 Å². The number of carbonyl (C=O) groups excluding carboxylic acids is 1. The van der Waals surface area contributed by atoms with E-state index < -0.39 is 0 Å². The molecular formula is C19H27ClN2O2. The van der Waals surface area contributed by atoms with E-state index in [1.54, 1.807) is 0 Å². The van der Waals surface area contributed by atoms with Crippen LogP contribution in [-0.2, 0) is 4.79 Å². The van der Waals surface area contributed by atoms with E-state index in [0.717, 1.165) is 49.0 Å². The van der Waals surface area contributed by atoms with Gasteiger partial charge in [0.15, 0.2) is 0 Å². The van der Waals surface area contributed by atoms with Crippen molar-refractivity contribution in [1.29, 1.82) is 0 Å². The molecule has 3 atom stereocenters. The summed E-state index contributed by atoms with van der Waals surface area (Å²) >= 11 is 0. The molecule has 0 aliphatic heterocycles. The lowest BCUT2D eigenvalue weighted by molar-refractivity contribution is -0.138. The fraction of sp³-hybridized carbons (Fsp3) is 0.526. The molecule has 3 unspecified atom stereocenters. The fourth-order valence-corrected chi connectivity index (χ4v) is 3.57. The van der Waals surface area contributed by atoms with Crippen molar-refractivity contribution in [3.63, 3.8) is 0 Å². The largest absolute Gasteiger partial charge is 0.459 e. The van der Waals surface area contributed by atoms with E-state index in [1.807, 2.05) is 29.2 Å². The number of rotatable bonds is 5. The third-order valence-electron chi connectivity index (χ3n) is 4.89. The second kappa shape index (κ2) is 8.04. The minimum Gasteiger partial charge on any atom is -0.459 e. The molecule has 3 rings (SSSR count). The predicted octanol–water partition coefficient (Wildman–Crippen LogP) is 4.28. The number of furan rings is 1. The SMILES string of the molecule is CCCN(C(=O)C1CCC(N)C1)C(C)c1cc2ccccc2o1.Cl. The lowest BCUT2D eigenvalue weighted by Crippen LogP contribution is -2.38. The highest BCUT2D eigenvalue weighted by atomic mass is 35.5. The average Bonchev–Trinajstić information content (AvgIpc) is 3.17. The number of halogens is 1. The lowest BCUT2D eigenvalue weighted by Gasteiger charge is -2.30. The molecular weight excluding hydrogens is 324 g/mol. The molecule has 2 N–H and O–H groups in total. The molecule has 1 heterocycles. The van der Waals surface area contributed by atoms with Gasteiger partial charge in [0.1, 0.15) is 11.3 Å². The fourth-order valence-electron chi connectivity index (χ4n) is 3.57. The van der Waals surface area contributed by atoms with E-state index in [-0.39, 0.29) is 36.3 Å². The minimum absolute atomic E-state index is 0. The highest BCUT2D eigenvalue weighted by Gasteiger charge is 2.33. The molecule has 1 aromatic carbocycles. The summed E-state index contributed by atoms with van der Waals surface area (Å²) < 4.78 is 5.97. The predicted molar refractivity (Wildman–Crippen MR) is 99.2 cm³/mol. The van der Waals surface area contributed by atoms with Crippen molar-refractivity contribution >= 4 is 29.3 Å². The van der Waals surface area contributed by atoms with E-state index in [9.17, 15) is 4.79 Å². The summed E-state index contributed by atoms with van der Waals surface area (Å²) in [6.07, 6.45) is 3.61. The van der Waals surface area contributed by atoms with Crippen LogP contribution >= 0.6 is 12.4 Å². The van der Waals surface area contributed by atoms with Crippen LogP contribution in [0, 0.1) is 5.92 Å². The van der Waals surface area contributed by atoms with E-state index >= 15 is 0 Å². The van der Waals surface area contributed by atoms with E-state index in [1.165, 1.54) is 0 Å². The summed E-state index contributed by atoms with van der Waals surface area (Å²) in [6.45, 7) is 4.91. The molecule has 1 aliphatic rings. The summed E-state index contributed by atoms with van der Waals surface area (Å²) in [7, 11) is 0. The Morgan fingerprint density at radius 1 is 1.38 bits per heavy atom. The molecule has 1 fully saturated rings. The van der Waals surface area contributed by atoms with Crippen LogP contribution in [0.15, 0.2) is 34.7 Å². The number of fused-ring (bicyclic) bond motifs is 1. The van der Waals surface area contributed by atoms with Crippen molar-refractivity contribution in [2.24, 2.45) is 11.7 Å². The molecule has 1 aromatic heterocycles. The van der Waals surface area contributed by atoms with Gasteiger partial charge in [-0.25, -0.2) is 0 Å². The smallest absolute Gasteiger partial charge is 0.226 e. The molecule has 5 heteroatoms. The molecule has 24 heavy (non-hydrogen) atoms. The standard InChI is InChI=1S/C19H26N2O2.ClH/c1-3-10-21(19(22)15-8-9-16(20)11-15)13(2)18-12-14-6-4-5-7-17(14)23-18;/h4-7,12-13,15-16H,3,8-11,20H2,1-2H3;1H. The van der Waals surface area contributed by atoms with E-state index in [4.69, 9.17) is 10.2 Å². The van der Waals surface area contributed by atoms with Crippen molar-refractivity contribution in [2.75, 3.05) is 6.54 Å². The van der Waals surface area contributed by atoms with Crippen LogP contribution in [-0.4, -0.2) is 23.4 Å². The van der Waals surface area contributed by atoms with Crippen LogP contribution in [0.25, 0.3) is 11.0 Å². The Balaban J connectivity index is 0.00000208. The van der Waals surface area contributed by atoms with Crippen LogP contribution in [0.2, 0.25) is 0 Å². The first-order chi connectivity index (χ1) is 11.1. The molecule has 0 spiro atoms. The Kier molecular flexibility index (Phi) is 6.30. The number of para-hydroxylation sites is 1. The summed E-state index contributed by atoms with van der Waals surface area (Å²) in [5.41, 5.74) is 6.86. The highest BCUT2D eigenvalue weighted by Crippen LogP contribution is 2.32. The molecule has 4 nitrogen and oxygen atoms in total. The van der Waals surface area contributed by atoms with Gasteiger partial charge in [-0.2, -0.15) is 0 Å². The maximum atomic E-state index is 12.9. The topological polar surface area (TPSA) is 59.5 Å². The number of nitrogens with two attached hydrogens (primary N) is 1. The summed E-state index contributed by atoms with van der Waals surface area (Å²) in [5.74, 6) is 1.16. The lowest BCUT2D eigenvalue weighted by atomic mass is 10.0. The van der Waals surface area contributed by atoms with Crippen molar-refractivity contribution in [1.82, 2.24) is 4.90 Å². The molecule has 1 amide bonds. The first-order valence-corrected chi connectivity index (χ1v) is 8.64. The summed E-state index contributed by atoms with van der Waals surface area (Å²) in [5, 5.41) is 1.08. The number of hydrogen-bond donors (Lipinski definition) is 1. The average molecular weight is 351 g/mol. The van der Waals surface area contributed by atoms with Gasteiger partial charge in [0.2, 0.25) is 5.91 Å². The third-order valence-corrected chi connectivity index (χ3v) is 4.89. The number of amides is 1. The number of carbonyl (C=O) groups is 1. The van der Waals surface area contributed by atoms with Crippen molar-refractivity contribution < 1.29 is 9.21 Å². The quantitative estimate of drug-likeness (QED) is 0.875. The molecule has 2 aromatic rings.